The van der Waals surface area contributed by atoms with E-state index in [0.717, 1.165) is 31.7 Å². The predicted molar refractivity (Wildman–Crippen MR) is 56.6 cm³/mol. The first-order chi connectivity index (χ1) is 7.16. The van der Waals surface area contributed by atoms with E-state index in [-0.39, 0.29) is 11.1 Å². The largest absolute Gasteiger partial charge is 0.373 e. The summed E-state index contributed by atoms with van der Waals surface area (Å²) in [6.45, 7) is 6.11. The van der Waals surface area contributed by atoms with Gasteiger partial charge in [-0.1, -0.05) is 0 Å². The Labute approximate surface area is 89.4 Å². The van der Waals surface area contributed by atoms with Crippen molar-refractivity contribution in [3.63, 3.8) is 0 Å². The first-order valence-corrected chi connectivity index (χ1v) is 5.57. The fourth-order valence-electron chi connectivity index (χ4n) is 2.95. The summed E-state index contributed by atoms with van der Waals surface area (Å²) in [5, 5.41) is 3.62. The molecule has 0 saturated carbocycles. The average Bonchev–Trinajstić information content (AvgIpc) is 2.74. The third kappa shape index (κ3) is 1.06. The van der Waals surface area contributed by atoms with Crippen molar-refractivity contribution in [3.8, 4) is 0 Å². The third-order valence-electron chi connectivity index (χ3n) is 3.89. The molecule has 0 radical (unpaired) electrons. The number of nitrogens with one attached hydrogen (secondary N) is 2. The summed E-state index contributed by atoms with van der Waals surface area (Å²) in [5.41, 5.74) is 2.18. The second kappa shape index (κ2) is 2.83. The molecule has 4 nitrogen and oxygen atoms in total. The van der Waals surface area contributed by atoms with Crippen molar-refractivity contribution in [2.75, 3.05) is 13.2 Å². The summed E-state index contributed by atoms with van der Waals surface area (Å²) in [6, 6.07) is 0. The quantitative estimate of drug-likeness (QED) is 0.666. The summed E-state index contributed by atoms with van der Waals surface area (Å²) in [6.07, 6.45) is 3.85. The molecular formula is C11H17N3O. The zero-order valence-electron chi connectivity index (χ0n) is 9.26. The van der Waals surface area contributed by atoms with Gasteiger partial charge in [0.05, 0.1) is 23.2 Å². The summed E-state index contributed by atoms with van der Waals surface area (Å²) in [5.74, 6) is 0. The maximum atomic E-state index is 5.84. The van der Waals surface area contributed by atoms with Crippen LogP contribution in [0.3, 0.4) is 0 Å². The van der Waals surface area contributed by atoms with Crippen LogP contribution in [0.4, 0.5) is 0 Å². The van der Waals surface area contributed by atoms with Gasteiger partial charge in [-0.2, -0.15) is 0 Å². The molecule has 0 unspecified atom stereocenters. The number of imidazole rings is 1. The zero-order valence-corrected chi connectivity index (χ0v) is 9.26. The normalized spacial score (nSPS) is 33.2. The molecule has 3 rings (SSSR count). The first-order valence-electron chi connectivity index (χ1n) is 5.57. The molecule has 15 heavy (non-hydrogen) atoms. The third-order valence-corrected chi connectivity index (χ3v) is 3.89. The molecule has 1 spiro atoms. The Bertz CT molecular complexity index is 385. The molecule has 4 heteroatoms. The van der Waals surface area contributed by atoms with E-state index in [1.54, 1.807) is 6.33 Å². The van der Waals surface area contributed by atoms with Crippen LogP contribution in [0.15, 0.2) is 6.33 Å². The highest BCUT2D eigenvalue weighted by atomic mass is 16.5. The minimum atomic E-state index is -0.169. The van der Waals surface area contributed by atoms with Crippen LogP contribution < -0.4 is 5.32 Å². The number of H-pyrrole nitrogens is 1. The van der Waals surface area contributed by atoms with Gasteiger partial charge in [-0.05, 0) is 20.3 Å². The number of nitrogens with zero attached hydrogens (tertiary/aromatic N) is 1. The number of aromatic nitrogens is 2. The maximum Gasteiger partial charge on any atom is 0.0937 e. The van der Waals surface area contributed by atoms with Crippen molar-refractivity contribution >= 4 is 0 Å². The zero-order chi connectivity index (χ0) is 10.5. The Morgan fingerprint density at radius 1 is 1.47 bits per heavy atom. The molecule has 0 bridgehead atoms. The van der Waals surface area contributed by atoms with Gasteiger partial charge in [0.2, 0.25) is 0 Å². The SMILES string of the molecule is CC1(C)OCC[C@]12NCCc1[nH]cnc12. The highest BCUT2D eigenvalue weighted by Crippen LogP contribution is 2.45. The van der Waals surface area contributed by atoms with E-state index in [2.05, 4.69) is 29.1 Å². The van der Waals surface area contributed by atoms with Crippen molar-refractivity contribution in [1.82, 2.24) is 15.3 Å². The van der Waals surface area contributed by atoms with Crippen LogP contribution >= 0.6 is 0 Å². The van der Waals surface area contributed by atoms with Crippen molar-refractivity contribution in [3.05, 3.63) is 17.7 Å². The first kappa shape index (κ1) is 9.36. The van der Waals surface area contributed by atoms with Crippen molar-refractivity contribution < 1.29 is 4.74 Å². The lowest BCUT2D eigenvalue weighted by molar-refractivity contribution is -0.0168. The highest BCUT2D eigenvalue weighted by Gasteiger charge is 2.54. The fraction of sp³-hybridized carbons (Fsp3) is 0.727. The molecule has 1 aromatic heterocycles. The summed E-state index contributed by atoms with van der Waals surface area (Å²) in [4.78, 5) is 7.73. The van der Waals surface area contributed by atoms with Crippen LogP contribution in [0.1, 0.15) is 31.7 Å². The lowest BCUT2D eigenvalue weighted by Crippen LogP contribution is -2.57. The Hall–Kier alpha value is -0.870. The minimum absolute atomic E-state index is 0.0828. The lowest BCUT2D eigenvalue weighted by Gasteiger charge is -2.42. The fourth-order valence-corrected chi connectivity index (χ4v) is 2.95. The molecular weight excluding hydrogens is 190 g/mol. The molecule has 2 aliphatic heterocycles. The van der Waals surface area contributed by atoms with Gasteiger partial charge in [0.25, 0.3) is 0 Å². The number of hydrogen-bond acceptors (Lipinski definition) is 3. The van der Waals surface area contributed by atoms with E-state index in [0.29, 0.717) is 0 Å². The summed E-state index contributed by atoms with van der Waals surface area (Å²) < 4.78 is 5.84. The number of hydrogen-bond donors (Lipinski definition) is 2. The highest BCUT2D eigenvalue weighted by molar-refractivity contribution is 5.30. The van der Waals surface area contributed by atoms with Gasteiger partial charge < -0.3 is 15.0 Å². The summed E-state index contributed by atoms with van der Waals surface area (Å²) in [7, 11) is 0. The van der Waals surface area contributed by atoms with Crippen LogP contribution in [0.2, 0.25) is 0 Å². The van der Waals surface area contributed by atoms with E-state index >= 15 is 0 Å². The van der Waals surface area contributed by atoms with Gasteiger partial charge in [-0.15, -0.1) is 0 Å². The summed E-state index contributed by atoms with van der Waals surface area (Å²) >= 11 is 0. The van der Waals surface area contributed by atoms with Crippen LogP contribution in [0.5, 0.6) is 0 Å². The van der Waals surface area contributed by atoms with Gasteiger partial charge in [-0.25, -0.2) is 4.98 Å². The lowest BCUT2D eigenvalue weighted by atomic mass is 9.76. The molecule has 3 heterocycles. The van der Waals surface area contributed by atoms with Crippen LogP contribution in [0, 0.1) is 0 Å². The second-order valence-corrected chi connectivity index (χ2v) is 4.92. The van der Waals surface area contributed by atoms with E-state index < -0.39 is 0 Å². The van der Waals surface area contributed by atoms with Gasteiger partial charge in [0.1, 0.15) is 0 Å². The molecule has 2 aliphatic rings. The minimum Gasteiger partial charge on any atom is -0.373 e. The topological polar surface area (TPSA) is 49.9 Å². The Morgan fingerprint density at radius 2 is 2.33 bits per heavy atom. The number of fused-ring (bicyclic) bond motifs is 2. The Balaban J connectivity index is 2.15. The monoisotopic (exact) mass is 207 g/mol. The predicted octanol–water partition coefficient (Wildman–Crippen LogP) is 0.950. The van der Waals surface area contributed by atoms with E-state index in [1.165, 1.54) is 5.69 Å². The smallest absolute Gasteiger partial charge is 0.0937 e. The van der Waals surface area contributed by atoms with Crippen molar-refractivity contribution in [2.45, 2.75) is 37.8 Å². The maximum absolute atomic E-state index is 5.84. The number of ether oxygens (including phenoxy) is 1. The Kier molecular flexibility index (Phi) is 1.77. The van der Waals surface area contributed by atoms with E-state index in [1.807, 2.05) is 0 Å². The number of rotatable bonds is 0. The van der Waals surface area contributed by atoms with Gasteiger partial charge >= 0.3 is 0 Å². The molecule has 0 aromatic carbocycles. The van der Waals surface area contributed by atoms with Crippen molar-refractivity contribution in [2.24, 2.45) is 0 Å². The Morgan fingerprint density at radius 3 is 3.07 bits per heavy atom. The van der Waals surface area contributed by atoms with Crippen LogP contribution in [-0.2, 0) is 16.7 Å². The van der Waals surface area contributed by atoms with Gasteiger partial charge in [0.15, 0.2) is 0 Å². The van der Waals surface area contributed by atoms with Crippen molar-refractivity contribution in [1.29, 1.82) is 0 Å². The van der Waals surface area contributed by atoms with Crippen LogP contribution in [0.25, 0.3) is 0 Å². The molecule has 1 aromatic rings. The van der Waals surface area contributed by atoms with Gasteiger partial charge in [-0.3, -0.25) is 0 Å². The molecule has 82 valence electrons. The van der Waals surface area contributed by atoms with Crippen LogP contribution in [-0.4, -0.2) is 28.7 Å². The van der Waals surface area contributed by atoms with E-state index in [4.69, 9.17) is 4.74 Å². The molecule has 0 aliphatic carbocycles. The molecule has 1 atom stereocenters. The standard InChI is InChI=1S/C11H17N3O/c1-10(2)11(4-6-15-10)9-8(3-5-14-11)12-7-13-9/h7,14H,3-6H2,1-2H3,(H,12,13)/t11-/m1/s1. The van der Waals surface area contributed by atoms with Gasteiger partial charge in [0, 0.05) is 25.3 Å². The molecule has 2 N–H and O–H groups in total. The average molecular weight is 207 g/mol. The molecule has 1 fully saturated rings. The number of aromatic amines is 1. The second-order valence-electron chi connectivity index (χ2n) is 4.92. The molecule has 0 amide bonds. The van der Waals surface area contributed by atoms with E-state index in [9.17, 15) is 0 Å². The molecule has 1 saturated heterocycles.